The molecule has 1 fully saturated rings. The van der Waals surface area contributed by atoms with Crippen LogP contribution in [-0.4, -0.2) is 92.7 Å². The lowest BCUT2D eigenvalue weighted by atomic mass is 10.1. The fraction of sp³-hybridized carbons (Fsp3) is 0.419. The molecule has 1 saturated heterocycles. The van der Waals surface area contributed by atoms with E-state index in [0.717, 1.165) is 37.7 Å². The zero-order valence-corrected chi connectivity index (χ0v) is 26.3. The van der Waals surface area contributed by atoms with E-state index in [2.05, 4.69) is 15.6 Å². The quantitative estimate of drug-likeness (QED) is 0.258. The van der Waals surface area contributed by atoms with Gasteiger partial charge in [-0.05, 0) is 51.6 Å². The molecule has 2 amide bonds. The number of benzene rings is 2. The number of nitrogens with one attached hydrogen (secondary N) is 2. The van der Waals surface area contributed by atoms with Gasteiger partial charge in [-0.15, -0.1) is 0 Å². The summed E-state index contributed by atoms with van der Waals surface area (Å²) < 4.78 is 42.4. The van der Waals surface area contributed by atoms with Crippen LogP contribution in [0.2, 0.25) is 5.02 Å². The van der Waals surface area contributed by atoms with Crippen LogP contribution in [-0.2, 0) is 9.59 Å². The number of likely N-dealkylation sites (tertiary alicyclic amines) is 1. The summed E-state index contributed by atoms with van der Waals surface area (Å²) in [6.07, 6.45) is -2.20. The number of amides is 2. The van der Waals surface area contributed by atoms with Crippen LogP contribution in [0.4, 0.5) is 13.2 Å². The van der Waals surface area contributed by atoms with E-state index < -0.39 is 18.2 Å². The number of carbonyl (C=O) groups is 3. The molecule has 1 heterocycles. The van der Waals surface area contributed by atoms with E-state index in [1.54, 1.807) is 0 Å². The van der Waals surface area contributed by atoms with Crippen LogP contribution in [0.25, 0.3) is 5.70 Å². The molecule has 1 atom stereocenters. The highest BCUT2D eigenvalue weighted by molar-refractivity contribution is 6.32. The highest BCUT2D eigenvalue weighted by atomic mass is 35.5. The Balaban J connectivity index is 0.000000342. The lowest BCUT2D eigenvalue weighted by Crippen LogP contribution is -2.45. The Bertz CT molecular complexity index is 1330. The monoisotopic (exact) mass is 637 g/mol. The second kappa shape index (κ2) is 17.4. The lowest BCUT2D eigenvalue weighted by molar-refractivity contribution is -0.189. The van der Waals surface area contributed by atoms with Crippen molar-refractivity contribution < 1.29 is 32.3 Å². The van der Waals surface area contributed by atoms with Crippen LogP contribution in [0.15, 0.2) is 53.7 Å². The standard InChI is InChI=1S/C17H21ClF3N3O3.C14H18N2O/c1-11(17(19,20)21)27-14-4-3-12(9-13(14)18)16(26)23-6-5-22-15(25)10-24-7-2-8-24;1-11-5-7-13(8-6-11)14(10-16(3)4)15-9-12(2)17/h3-4,9,11H,2,5-8,10H2,1H3,(H,22,25)(H,23,26);5-10H,1-4H3/b;14-10-,15-9?. The molecule has 0 spiro atoms. The summed E-state index contributed by atoms with van der Waals surface area (Å²) >= 11 is 5.90. The second-order valence-corrected chi connectivity index (χ2v) is 10.8. The van der Waals surface area contributed by atoms with Crippen LogP contribution in [0, 0.1) is 6.92 Å². The number of carbonyl (C=O) groups excluding carboxylic acids is 3. The van der Waals surface area contributed by atoms with E-state index in [0.29, 0.717) is 6.54 Å². The first-order valence-corrected chi connectivity index (χ1v) is 14.3. The zero-order chi connectivity index (χ0) is 32.9. The molecule has 2 aromatic rings. The Hall–Kier alpha value is -3.90. The summed E-state index contributed by atoms with van der Waals surface area (Å²) in [5.41, 5.74) is 3.17. The van der Waals surface area contributed by atoms with Gasteiger partial charge in [0.2, 0.25) is 5.91 Å². The number of ketones is 1. The van der Waals surface area contributed by atoms with Gasteiger partial charge in [0.05, 0.1) is 23.5 Å². The molecule has 9 nitrogen and oxygen atoms in total. The van der Waals surface area contributed by atoms with Gasteiger partial charge in [-0.25, -0.2) is 0 Å². The van der Waals surface area contributed by atoms with Crippen molar-refractivity contribution >= 4 is 41.1 Å². The number of ether oxygens (including phenoxy) is 1. The molecule has 1 unspecified atom stereocenters. The van der Waals surface area contributed by atoms with Crippen molar-refractivity contribution in [3.05, 3.63) is 70.4 Å². The van der Waals surface area contributed by atoms with Crippen LogP contribution >= 0.6 is 11.6 Å². The van der Waals surface area contributed by atoms with Crippen LogP contribution in [0.1, 0.15) is 41.8 Å². The minimum absolute atomic E-state index is 0.0539. The van der Waals surface area contributed by atoms with Gasteiger partial charge in [0.25, 0.3) is 5.91 Å². The van der Waals surface area contributed by atoms with E-state index in [-0.39, 0.29) is 41.1 Å². The maximum Gasteiger partial charge on any atom is 0.425 e. The van der Waals surface area contributed by atoms with Crippen LogP contribution < -0.4 is 15.4 Å². The predicted molar refractivity (Wildman–Crippen MR) is 166 cm³/mol. The molecule has 0 saturated carbocycles. The van der Waals surface area contributed by atoms with Gasteiger partial charge >= 0.3 is 6.18 Å². The van der Waals surface area contributed by atoms with E-state index in [1.165, 1.54) is 36.9 Å². The SMILES string of the molecule is CC(=O)C=N/C(=C\N(C)C)c1ccc(C)cc1.CC(Oc1ccc(C(=O)NCCNC(=O)CN2CCC2)cc1Cl)C(F)(F)F. The van der Waals surface area contributed by atoms with Crippen LogP contribution in [0.5, 0.6) is 5.75 Å². The molecule has 0 bridgehead atoms. The van der Waals surface area contributed by atoms with Gasteiger partial charge in [0, 0.05) is 51.4 Å². The molecule has 2 aromatic carbocycles. The lowest BCUT2D eigenvalue weighted by Gasteiger charge is -2.29. The molecule has 1 aliphatic rings. The number of nitrogens with zero attached hydrogens (tertiary/aromatic N) is 3. The fourth-order valence-electron chi connectivity index (χ4n) is 3.59. The van der Waals surface area contributed by atoms with E-state index in [9.17, 15) is 27.6 Å². The Morgan fingerprint density at radius 1 is 1.07 bits per heavy atom. The summed E-state index contributed by atoms with van der Waals surface area (Å²) in [5.74, 6) is -0.769. The van der Waals surface area contributed by atoms with Crippen molar-refractivity contribution in [1.82, 2.24) is 20.4 Å². The summed E-state index contributed by atoms with van der Waals surface area (Å²) in [6, 6.07) is 11.8. The number of alkyl halides is 3. The van der Waals surface area contributed by atoms with Gasteiger partial charge in [-0.3, -0.25) is 24.3 Å². The predicted octanol–water partition coefficient (Wildman–Crippen LogP) is 4.74. The van der Waals surface area contributed by atoms with Crippen molar-refractivity contribution in [2.24, 2.45) is 4.99 Å². The minimum atomic E-state index is -4.51. The molecule has 3 rings (SSSR count). The molecule has 44 heavy (non-hydrogen) atoms. The highest BCUT2D eigenvalue weighted by Crippen LogP contribution is 2.30. The first kappa shape index (κ1) is 36.3. The van der Waals surface area contributed by atoms with Gasteiger partial charge in [0.15, 0.2) is 11.9 Å². The fourth-order valence-corrected chi connectivity index (χ4v) is 3.81. The van der Waals surface area contributed by atoms with Gasteiger partial charge in [-0.1, -0.05) is 41.4 Å². The summed E-state index contributed by atoms with van der Waals surface area (Å²) in [7, 11) is 3.86. The molecule has 240 valence electrons. The van der Waals surface area contributed by atoms with E-state index in [4.69, 9.17) is 16.3 Å². The van der Waals surface area contributed by atoms with Crippen molar-refractivity contribution in [3.63, 3.8) is 0 Å². The molecule has 13 heteroatoms. The number of aliphatic imine (C=N–C) groups is 1. The molecule has 2 N–H and O–H groups in total. The zero-order valence-electron chi connectivity index (χ0n) is 25.5. The summed E-state index contributed by atoms with van der Waals surface area (Å²) in [5, 5.41) is 5.20. The third kappa shape index (κ3) is 13.2. The number of Topliss-reactive ketones (excluding diaryl/α,β-unsaturated/α-hetero) is 1. The maximum atomic E-state index is 12.5. The maximum absolute atomic E-state index is 12.5. The van der Waals surface area contributed by atoms with Crippen molar-refractivity contribution in [1.29, 1.82) is 0 Å². The Morgan fingerprint density at radius 3 is 2.20 bits per heavy atom. The van der Waals surface area contributed by atoms with Gasteiger partial charge < -0.3 is 20.3 Å². The number of hydrogen-bond donors (Lipinski definition) is 2. The minimum Gasteiger partial charge on any atom is -0.480 e. The molecular weight excluding hydrogens is 599 g/mol. The number of hydrogen-bond acceptors (Lipinski definition) is 7. The van der Waals surface area contributed by atoms with Crippen molar-refractivity contribution in [2.45, 2.75) is 39.5 Å². The topological polar surface area (TPSA) is 103 Å². The van der Waals surface area contributed by atoms with E-state index in [1.807, 2.05) is 61.3 Å². The second-order valence-electron chi connectivity index (χ2n) is 10.4. The van der Waals surface area contributed by atoms with Crippen LogP contribution in [0.3, 0.4) is 0 Å². The average Bonchev–Trinajstić information content (AvgIpc) is 2.92. The largest absolute Gasteiger partial charge is 0.480 e. The van der Waals surface area contributed by atoms with Crippen molar-refractivity contribution in [3.8, 4) is 5.75 Å². The van der Waals surface area contributed by atoms with E-state index >= 15 is 0 Å². The van der Waals surface area contributed by atoms with Gasteiger partial charge in [0.1, 0.15) is 5.75 Å². The Morgan fingerprint density at radius 2 is 1.68 bits per heavy atom. The smallest absolute Gasteiger partial charge is 0.425 e. The number of rotatable bonds is 12. The number of aryl methyl sites for hydroxylation is 1. The molecule has 0 aliphatic carbocycles. The Labute approximate surface area is 261 Å². The summed E-state index contributed by atoms with van der Waals surface area (Å²) in [4.78, 5) is 42.7. The molecular formula is C31H39ClF3N5O4. The normalized spacial score (nSPS) is 14.2. The molecule has 0 aromatic heterocycles. The first-order chi connectivity index (χ1) is 20.6. The average molecular weight is 638 g/mol. The third-order valence-corrected chi connectivity index (χ3v) is 6.42. The van der Waals surface area contributed by atoms with Crippen molar-refractivity contribution in [2.75, 3.05) is 46.8 Å². The number of halogens is 4. The molecule has 0 radical (unpaired) electrons. The first-order valence-electron chi connectivity index (χ1n) is 14.0. The molecule has 1 aliphatic heterocycles. The van der Waals surface area contributed by atoms with Gasteiger partial charge in [-0.2, -0.15) is 13.2 Å². The highest BCUT2D eigenvalue weighted by Gasteiger charge is 2.38. The third-order valence-electron chi connectivity index (χ3n) is 6.12. The summed E-state index contributed by atoms with van der Waals surface area (Å²) in [6.45, 7) is 7.08. The Kier molecular flexibility index (Phi) is 14.4.